The fourth-order valence-corrected chi connectivity index (χ4v) is 7.89. The number of hydrogen-bond acceptors (Lipinski definition) is 6. The minimum absolute atomic E-state index is 0.0835. The van der Waals surface area contributed by atoms with E-state index in [0.717, 1.165) is 54.1 Å². The van der Waals surface area contributed by atoms with E-state index in [9.17, 15) is 9.90 Å². The molecule has 32 heavy (non-hydrogen) atoms. The minimum Gasteiger partial charge on any atom is -0.391 e. The average molecular weight is 441 g/mol. The molecule has 0 radical (unpaired) electrons. The first-order valence-electron chi connectivity index (χ1n) is 12.7. The van der Waals surface area contributed by atoms with E-state index in [4.69, 9.17) is 4.74 Å². The maximum Gasteiger partial charge on any atom is 0.226 e. The van der Waals surface area contributed by atoms with Crippen LogP contribution in [0.15, 0.2) is 6.33 Å². The molecular formula is C25H36N4O3. The average Bonchev–Trinajstić information content (AvgIpc) is 2.81. The lowest BCUT2D eigenvalue weighted by Gasteiger charge is -2.58. The molecule has 1 atom stereocenters. The van der Waals surface area contributed by atoms with E-state index in [-0.39, 0.29) is 23.3 Å². The van der Waals surface area contributed by atoms with E-state index >= 15 is 0 Å². The minimum atomic E-state index is -0.322. The second-order valence-electron chi connectivity index (χ2n) is 11.2. The molecule has 4 bridgehead atoms. The molecule has 1 saturated heterocycles. The van der Waals surface area contributed by atoms with Crippen LogP contribution in [0.3, 0.4) is 0 Å². The highest BCUT2D eigenvalue weighted by molar-refractivity contribution is 5.79. The number of carbonyl (C=O) groups is 1. The van der Waals surface area contributed by atoms with E-state index < -0.39 is 0 Å². The number of hydrogen-bond donors (Lipinski definition) is 2. The maximum atomic E-state index is 12.9. The van der Waals surface area contributed by atoms with Crippen molar-refractivity contribution < 1.29 is 14.6 Å². The van der Waals surface area contributed by atoms with E-state index in [2.05, 4.69) is 15.3 Å². The van der Waals surface area contributed by atoms with Crippen LogP contribution in [-0.2, 0) is 22.5 Å². The first kappa shape index (κ1) is 20.8. The fourth-order valence-electron chi connectivity index (χ4n) is 7.89. The Kier molecular flexibility index (Phi) is 5.37. The van der Waals surface area contributed by atoms with E-state index in [1.165, 1.54) is 38.5 Å². The van der Waals surface area contributed by atoms with Gasteiger partial charge in [-0.25, -0.2) is 9.97 Å². The second-order valence-corrected chi connectivity index (χ2v) is 11.2. The summed E-state index contributed by atoms with van der Waals surface area (Å²) in [6.07, 6.45) is 11.5. The van der Waals surface area contributed by atoms with Crippen molar-refractivity contribution in [2.24, 2.45) is 29.1 Å². The summed E-state index contributed by atoms with van der Waals surface area (Å²) < 4.78 is 5.41. The van der Waals surface area contributed by atoms with Crippen LogP contribution in [0, 0.1) is 29.1 Å². The molecule has 0 aromatic carbocycles. The van der Waals surface area contributed by atoms with Crippen molar-refractivity contribution >= 4 is 11.7 Å². The molecule has 1 aromatic rings. The predicted molar refractivity (Wildman–Crippen MR) is 120 cm³/mol. The zero-order chi connectivity index (χ0) is 21.7. The molecule has 0 spiro atoms. The number of amides is 1. The van der Waals surface area contributed by atoms with Crippen LogP contribution in [0.5, 0.6) is 0 Å². The van der Waals surface area contributed by atoms with Gasteiger partial charge in [-0.3, -0.25) is 4.79 Å². The summed E-state index contributed by atoms with van der Waals surface area (Å²) in [5.41, 5.74) is 2.17. The van der Waals surface area contributed by atoms with E-state index in [1.54, 1.807) is 6.33 Å². The Labute approximate surface area is 190 Å². The molecule has 3 heterocycles. The Morgan fingerprint density at radius 3 is 2.53 bits per heavy atom. The van der Waals surface area contributed by atoms with Crippen molar-refractivity contribution in [1.29, 1.82) is 0 Å². The summed E-state index contributed by atoms with van der Waals surface area (Å²) in [4.78, 5) is 23.9. The molecule has 1 unspecified atom stereocenters. The molecule has 4 saturated carbocycles. The molecule has 6 aliphatic rings. The summed E-state index contributed by atoms with van der Waals surface area (Å²) in [7, 11) is 0. The number of aliphatic hydroxyl groups is 1. The molecule has 7 nitrogen and oxygen atoms in total. The van der Waals surface area contributed by atoms with Gasteiger partial charge < -0.3 is 20.1 Å². The number of ether oxygens (including phenoxy) is 1. The highest BCUT2D eigenvalue weighted by atomic mass is 16.5. The van der Waals surface area contributed by atoms with Gasteiger partial charge in [-0.05, 0) is 81.0 Å². The van der Waals surface area contributed by atoms with Gasteiger partial charge in [0.2, 0.25) is 5.91 Å². The molecule has 1 aromatic heterocycles. The van der Waals surface area contributed by atoms with Gasteiger partial charge in [-0.1, -0.05) is 0 Å². The number of aromatic nitrogens is 2. The van der Waals surface area contributed by atoms with Crippen LogP contribution >= 0.6 is 0 Å². The molecule has 7 rings (SSSR count). The lowest BCUT2D eigenvalue weighted by Crippen LogP contribution is -2.53. The number of rotatable bonds is 5. The summed E-state index contributed by atoms with van der Waals surface area (Å²) >= 11 is 0. The van der Waals surface area contributed by atoms with Gasteiger partial charge in [0.1, 0.15) is 12.1 Å². The van der Waals surface area contributed by atoms with Crippen molar-refractivity contribution in [2.75, 3.05) is 31.6 Å². The second kappa shape index (κ2) is 8.24. The van der Waals surface area contributed by atoms with Gasteiger partial charge in [0, 0.05) is 37.8 Å². The Morgan fingerprint density at radius 1 is 1.16 bits per heavy atom. The molecule has 7 heteroatoms. The van der Waals surface area contributed by atoms with Crippen molar-refractivity contribution in [3.05, 3.63) is 17.6 Å². The van der Waals surface area contributed by atoms with E-state index in [1.807, 2.05) is 4.90 Å². The molecule has 2 aliphatic heterocycles. The lowest BCUT2D eigenvalue weighted by atomic mass is 9.48. The third-order valence-corrected chi connectivity index (χ3v) is 9.14. The van der Waals surface area contributed by atoms with E-state index in [0.29, 0.717) is 32.8 Å². The van der Waals surface area contributed by atoms with Gasteiger partial charge in [0.25, 0.3) is 0 Å². The number of fused-ring (bicyclic) bond motifs is 1. The topological polar surface area (TPSA) is 87.6 Å². The van der Waals surface area contributed by atoms with Crippen molar-refractivity contribution in [2.45, 2.75) is 70.4 Å². The normalized spacial score (nSPS) is 34.9. The van der Waals surface area contributed by atoms with Gasteiger partial charge in [-0.2, -0.15) is 0 Å². The zero-order valence-electron chi connectivity index (χ0n) is 19.0. The van der Waals surface area contributed by atoms with Gasteiger partial charge in [-0.15, -0.1) is 0 Å². The zero-order valence-corrected chi connectivity index (χ0v) is 19.0. The molecule has 1 amide bonds. The third kappa shape index (κ3) is 3.71. The monoisotopic (exact) mass is 440 g/mol. The number of carbonyl (C=O) groups excluding carboxylic acids is 1. The largest absolute Gasteiger partial charge is 0.391 e. The quantitative estimate of drug-likeness (QED) is 0.732. The molecule has 4 aliphatic carbocycles. The third-order valence-electron chi connectivity index (χ3n) is 9.14. The summed E-state index contributed by atoms with van der Waals surface area (Å²) in [6.45, 7) is 3.19. The van der Waals surface area contributed by atoms with Gasteiger partial charge >= 0.3 is 0 Å². The molecule has 5 fully saturated rings. The highest BCUT2D eigenvalue weighted by Crippen LogP contribution is 2.61. The smallest absolute Gasteiger partial charge is 0.226 e. The highest BCUT2D eigenvalue weighted by Gasteiger charge is 2.53. The van der Waals surface area contributed by atoms with Crippen molar-refractivity contribution in [3.8, 4) is 0 Å². The van der Waals surface area contributed by atoms with Crippen LogP contribution in [0.1, 0.15) is 62.6 Å². The Balaban J connectivity index is 1.11. The molecule has 2 N–H and O–H groups in total. The Morgan fingerprint density at radius 2 is 1.84 bits per heavy atom. The fraction of sp³-hybridized carbons (Fsp3) is 0.800. The number of nitrogens with zero attached hydrogens (tertiary/aromatic N) is 3. The Bertz CT molecular complexity index is 833. The number of anilines is 1. The van der Waals surface area contributed by atoms with Crippen molar-refractivity contribution in [1.82, 2.24) is 14.9 Å². The SMILES string of the molecule is O=C(C1CCOCC1)N1CCc2c(ncnc2NCC(O)C23CC4CC(CC(C4)C2)C3)C1. The maximum absolute atomic E-state index is 12.9. The van der Waals surface area contributed by atoms with Crippen molar-refractivity contribution in [3.63, 3.8) is 0 Å². The van der Waals surface area contributed by atoms with Crippen LogP contribution in [0.25, 0.3) is 0 Å². The number of aliphatic hydroxyl groups excluding tert-OH is 1. The van der Waals surface area contributed by atoms with Gasteiger partial charge in [0.15, 0.2) is 0 Å². The van der Waals surface area contributed by atoms with Crippen LogP contribution in [0.4, 0.5) is 5.82 Å². The standard InChI is InChI=1S/C25H36N4O3/c30-22(25-10-16-7-17(11-25)9-18(8-16)12-25)13-26-23-20-1-4-29(14-21(20)27-15-28-23)24(31)19-2-5-32-6-3-19/h15-19,22,30H,1-14H2,(H,26,27,28). The summed E-state index contributed by atoms with van der Waals surface area (Å²) in [6, 6.07) is 0. The molecular weight excluding hydrogens is 404 g/mol. The van der Waals surface area contributed by atoms with Crippen LogP contribution < -0.4 is 5.32 Å². The predicted octanol–water partition coefficient (Wildman–Crippen LogP) is 2.78. The summed E-state index contributed by atoms with van der Waals surface area (Å²) in [5.74, 6) is 3.67. The van der Waals surface area contributed by atoms with Crippen LogP contribution in [-0.4, -0.2) is 58.3 Å². The lowest BCUT2D eigenvalue weighted by molar-refractivity contribution is -0.139. The van der Waals surface area contributed by atoms with Crippen LogP contribution in [0.2, 0.25) is 0 Å². The summed E-state index contributed by atoms with van der Waals surface area (Å²) in [5, 5.41) is 14.8. The number of nitrogens with one attached hydrogen (secondary N) is 1. The molecule has 174 valence electrons. The van der Waals surface area contributed by atoms with Gasteiger partial charge in [0.05, 0.1) is 18.3 Å². The Hall–Kier alpha value is -1.73. The first-order chi connectivity index (χ1) is 15.6. The first-order valence-corrected chi connectivity index (χ1v) is 12.7.